The molecule has 0 atom stereocenters. The minimum atomic E-state index is -4.52. The molecule has 2 aromatic heterocycles. The van der Waals surface area contributed by atoms with Gasteiger partial charge in [0, 0.05) is 6.54 Å². The van der Waals surface area contributed by atoms with Crippen molar-refractivity contribution >= 4 is 40.2 Å². The molecule has 3 aromatic rings. The molecule has 0 aliphatic heterocycles. The monoisotopic (exact) mass is 382 g/mol. The van der Waals surface area contributed by atoms with E-state index in [1.165, 1.54) is 12.1 Å². The molecule has 0 aliphatic rings. The van der Waals surface area contributed by atoms with Gasteiger partial charge < -0.3 is 16.8 Å². The van der Waals surface area contributed by atoms with Gasteiger partial charge in [-0.25, -0.2) is 4.98 Å². The fourth-order valence-corrected chi connectivity index (χ4v) is 2.77. The van der Waals surface area contributed by atoms with E-state index in [2.05, 4.69) is 20.3 Å². The number of nitrogens with zero attached hydrogens (tertiary/aromatic N) is 3. The first-order valence-electron chi connectivity index (χ1n) is 7.45. The maximum absolute atomic E-state index is 12.9. The van der Waals surface area contributed by atoms with Crippen molar-refractivity contribution in [3.63, 3.8) is 0 Å². The number of alkyl halides is 3. The Morgan fingerprint density at radius 1 is 1.12 bits per heavy atom. The van der Waals surface area contributed by atoms with Crippen molar-refractivity contribution < 1.29 is 13.2 Å². The first-order valence-corrected chi connectivity index (χ1v) is 7.83. The lowest BCUT2D eigenvalue weighted by atomic mass is 10.1. The Kier molecular flexibility index (Phi) is 4.49. The number of fused-ring (bicyclic) bond motifs is 1. The van der Waals surface area contributed by atoms with Crippen molar-refractivity contribution in [3.8, 4) is 0 Å². The number of halogens is 4. The summed E-state index contributed by atoms with van der Waals surface area (Å²) in [6.07, 6.45) is -4.52. The third-order valence-corrected chi connectivity index (χ3v) is 4.05. The van der Waals surface area contributed by atoms with Gasteiger partial charge in [-0.05, 0) is 36.2 Å². The van der Waals surface area contributed by atoms with E-state index in [0.29, 0.717) is 22.4 Å². The number of pyridine rings is 1. The zero-order valence-electron chi connectivity index (χ0n) is 13.5. The van der Waals surface area contributed by atoms with Crippen LogP contribution in [-0.4, -0.2) is 15.0 Å². The van der Waals surface area contributed by atoms with Crippen molar-refractivity contribution in [3.05, 3.63) is 46.0 Å². The Bertz CT molecular complexity index is 990. The summed E-state index contributed by atoms with van der Waals surface area (Å²) in [4.78, 5) is 12.2. The second kappa shape index (κ2) is 6.49. The zero-order chi connectivity index (χ0) is 19.1. The van der Waals surface area contributed by atoms with Crippen LogP contribution < -0.4 is 16.8 Å². The van der Waals surface area contributed by atoms with Gasteiger partial charge in [-0.3, -0.25) is 0 Å². The van der Waals surface area contributed by atoms with Gasteiger partial charge in [-0.1, -0.05) is 17.7 Å². The van der Waals surface area contributed by atoms with Crippen molar-refractivity contribution in [2.45, 2.75) is 19.6 Å². The van der Waals surface area contributed by atoms with Crippen LogP contribution in [0.15, 0.2) is 24.3 Å². The average Bonchev–Trinajstić information content (AvgIpc) is 2.51. The van der Waals surface area contributed by atoms with Crippen molar-refractivity contribution in [1.29, 1.82) is 0 Å². The summed E-state index contributed by atoms with van der Waals surface area (Å²) in [7, 11) is 0. The van der Waals surface area contributed by atoms with Gasteiger partial charge in [-0.15, -0.1) is 0 Å². The molecule has 3 rings (SSSR count). The van der Waals surface area contributed by atoms with Crippen LogP contribution in [-0.2, 0) is 12.7 Å². The molecule has 0 bridgehead atoms. The van der Waals surface area contributed by atoms with Crippen LogP contribution in [0, 0.1) is 6.92 Å². The molecule has 2 heterocycles. The van der Waals surface area contributed by atoms with Crippen LogP contribution >= 0.6 is 11.6 Å². The summed E-state index contributed by atoms with van der Waals surface area (Å²) in [5.74, 6) is 0.638. The van der Waals surface area contributed by atoms with Gasteiger partial charge in [0.05, 0.1) is 16.0 Å². The normalized spacial score (nSPS) is 11.7. The fourth-order valence-electron chi connectivity index (χ4n) is 2.55. The molecule has 136 valence electrons. The number of hydrogen-bond donors (Lipinski definition) is 3. The summed E-state index contributed by atoms with van der Waals surface area (Å²) in [6.45, 7) is 1.92. The lowest BCUT2D eigenvalue weighted by Gasteiger charge is -2.13. The molecule has 6 nitrogen and oxygen atoms in total. The number of benzene rings is 1. The number of nitrogens with one attached hydrogen (secondary N) is 1. The first-order chi connectivity index (χ1) is 12.1. The topological polar surface area (TPSA) is 103 Å². The van der Waals surface area contributed by atoms with Crippen LogP contribution in [0.5, 0.6) is 0 Å². The number of nitrogens with two attached hydrogens (primary N) is 2. The molecule has 0 radical (unpaired) electrons. The van der Waals surface area contributed by atoms with Crippen molar-refractivity contribution in [1.82, 2.24) is 15.0 Å². The van der Waals surface area contributed by atoms with E-state index in [4.69, 9.17) is 23.1 Å². The Balaban J connectivity index is 1.89. The number of hydrogen-bond acceptors (Lipinski definition) is 6. The number of rotatable bonds is 3. The van der Waals surface area contributed by atoms with E-state index in [-0.39, 0.29) is 23.3 Å². The number of nitrogen functional groups attached to an aromatic ring is 2. The van der Waals surface area contributed by atoms with Gasteiger partial charge in [0.2, 0.25) is 5.95 Å². The van der Waals surface area contributed by atoms with Gasteiger partial charge in [0.15, 0.2) is 5.65 Å². The Morgan fingerprint density at radius 2 is 1.85 bits per heavy atom. The highest BCUT2D eigenvalue weighted by Crippen LogP contribution is 2.35. The molecule has 0 saturated heterocycles. The summed E-state index contributed by atoms with van der Waals surface area (Å²) in [5.41, 5.74) is 12.0. The lowest BCUT2D eigenvalue weighted by Crippen LogP contribution is -2.09. The Morgan fingerprint density at radius 3 is 2.54 bits per heavy atom. The van der Waals surface area contributed by atoms with E-state index in [0.717, 1.165) is 11.6 Å². The van der Waals surface area contributed by atoms with Crippen LogP contribution in [0.3, 0.4) is 0 Å². The molecule has 1 aromatic carbocycles. The van der Waals surface area contributed by atoms with E-state index in [9.17, 15) is 13.2 Å². The Hall–Kier alpha value is -2.81. The van der Waals surface area contributed by atoms with E-state index >= 15 is 0 Å². The second-order valence-electron chi connectivity index (χ2n) is 5.66. The molecule has 0 fully saturated rings. The molecule has 0 saturated carbocycles. The fraction of sp³-hybridized carbons (Fsp3) is 0.188. The molecule has 10 heteroatoms. The molecule has 0 amide bonds. The largest absolute Gasteiger partial charge is 0.417 e. The third-order valence-electron chi connectivity index (χ3n) is 3.72. The smallest absolute Gasteiger partial charge is 0.383 e. The molecule has 0 unspecified atom stereocenters. The lowest BCUT2D eigenvalue weighted by molar-refractivity contribution is -0.137. The predicted molar refractivity (Wildman–Crippen MR) is 94.7 cm³/mol. The molecule has 5 N–H and O–H groups in total. The van der Waals surface area contributed by atoms with Gasteiger partial charge >= 0.3 is 6.18 Å². The average molecular weight is 383 g/mol. The zero-order valence-corrected chi connectivity index (χ0v) is 14.3. The maximum atomic E-state index is 12.9. The number of aromatic nitrogens is 3. The highest BCUT2D eigenvalue weighted by atomic mass is 35.5. The first kappa shape index (κ1) is 18.0. The second-order valence-corrected chi connectivity index (χ2v) is 6.06. The highest BCUT2D eigenvalue weighted by molar-refractivity contribution is 6.31. The van der Waals surface area contributed by atoms with Gasteiger partial charge in [0.25, 0.3) is 0 Å². The summed E-state index contributed by atoms with van der Waals surface area (Å²) in [6, 6.07) is 5.44. The highest BCUT2D eigenvalue weighted by Gasteiger charge is 2.33. The van der Waals surface area contributed by atoms with Crippen LogP contribution in [0.25, 0.3) is 11.0 Å². The minimum Gasteiger partial charge on any atom is -0.383 e. The molecular weight excluding hydrogens is 369 g/mol. The maximum Gasteiger partial charge on any atom is 0.417 e. The summed E-state index contributed by atoms with van der Waals surface area (Å²) < 4.78 is 38.8. The van der Waals surface area contributed by atoms with Gasteiger partial charge in [-0.2, -0.15) is 23.1 Å². The van der Waals surface area contributed by atoms with Crippen LogP contribution in [0.4, 0.5) is 30.8 Å². The van der Waals surface area contributed by atoms with E-state index < -0.39 is 11.7 Å². The number of anilines is 3. The summed E-state index contributed by atoms with van der Waals surface area (Å²) in [5, 5.41) is 3.20. The molecule has 0 aliphatic carbocycles. The SMILES string of the molecule is Cc1cc(NCc2ccc(Cl)c(C(F)(F)F)c2)nc2nc(N)nc(N)c12. The van der Waals surface area contributed by atoms with Crippen molar-refractivity contribution in [2.75, 3.05) is 16.8 Å². The predicted octanol–water partition coefficient (Wildman–Crippen LogP) is 3.78. The molecular formula is C16H14ClF3N6. The quantitative estimate of drug-likeness (QED) is 0.637. The minimum absolute atomic E-state index is 0.00781. The molecule has 26 heavy (non-hydrogen) atoms. The van der Waals surface area contributed by atoms with Crippen LogP contribution in [0.1, 0.15) is 16.7 Å². The van der Waals surface area contributed by atoms with E-state index in [1.807, 2.05) is 0 Å². The summed E-state index contributed by atoms with van der Waals surface area (Å²) >= 11 is 5.62. The third kappa shape index (κ3) is 3.57. The van der Waals surface area contributed by atoms with Crippen LogP contribution in [0.2, 0.25) is 5.02 Å². The standard InChI is InChI=1S/C16H14ClF3N6/c1-7-4-11(24-14-12(7)13(21)25-15(22)26-14)23-6-8-2-3-10(17)9(5-8)16(18,19)20/h2-5H,6H2,1H3,(H5,21,22,23,24,25,26). The Labute approximate surface area is 151 Å². The van der Waals surface area contributed by atoms with Crippen molar-refractivity contribution in [2.24, 2.45) is 0 Å². The van der Waals surface area contributed by atoms with Gasteiger partial charge in [0.1, 0.15) is 11.6 Å². The van der Waals surface area contributed by atoms with E-state index in [1.54, 1.807) is 13.0 Å². The molecule has 0 spiro atoms. The number of aryl methyl sites for hydroxylation is 1.